The molecule has 3 heterocycles. The van der Waals surface area contributed by atoms with E-state index in [9.17, 15) is 4.79 Å². The van der Waals surface area contributed by atoms with Crippen LogP contribution in [0.5, 0.6) is 5.75 Å². The summed E-state index contributed by atoms with van der Waals surface area (Å²) in [7, 11) is 1.68. The summed E-state index contributed by atoms with van der Waals surface area (Å²) in [4.78, 5) is 15.2. The van der Waals surface area contributed by atoms with Crippen LogP contribution in [0.2, 0.25) is 0 Å². The molecule has 2 fully saturated rings. The molecule has 0 saturated carbocycles. The fourth-order valence-electron chi connectivity index (χ4n) is 4.55. The molecule has 4 rings (SSSR count). The van der Waals surface area contributed by atoms with Crippen molar-refractivity contribution in [1.29, 1.82) is 0 Å². The Balaban J connectivity index is 1.52. The van der Waals surface area contributed by atoms with Crippen LogP contribution in [0.3, 0.4) is 0 Å². The molecule has 0 aliphatic carbocycles. The second kappa shape index (κ2) is 7.35. The zero-order valence-corrected chi connectivity index (χ0v) is 16.3. The molecule has 1 aromatic heterocycles. The van der Waals surface area contributed by atoms with E-state index >= 15 is 0 Å². The monoisotopic (exact) mass is 368 g/mol. The Labute approximate surface area is 160 Å². The van der Waals surface area contributed by atoms with Gasteiger partial charge < -0.3 is 15.0 Å². The van der Waals surface area contributed by atoms with Gasteiger partial charge >= 0.3 is 0 Å². The van der Waals surface area contributed by atoms with Crippen molar-refractivity contribution < 1.29 is 9.53 Å². The number of carbonyl (C=O) groups excluding carboxylic acids is 1. The molecule has 1 aromatic carbocycles. The van der Waals surface area contributed by atoms with Gasteiger partial charge in [-0.25, -0.2) is 0 Å². The summed E-state index contributed by atoms with van der Waals surface area (Å²) in [6.07, 6.45) is 1.19. The highest BCUT2D eigenvalue weighted by Gasteiger charge is 2.46. The largest absolute Gasteiger partial charge is 0.497 e. The fourth-order valence-corrected chi connectivity index (χ4v) is 4.55. The molecule has 6 nitrogen and oxygen atoms in total. The Morgan fingerprint density at radius 3 is 2.70 bits per heavy atom. The molecule has 6 heteroatoms. The summed E-state index contributed by atoms with van der Waals surface area (Å²) in [6, 6.07) is 8.33. The minimum Gasteiger partial charge on any atom is -0.497 e. The van der Waals surface area contributed by atoms with Crippen LogP contribution in [-0.2, 0) is 11.2 Å². The highest BCUT2D eigenvalue weighted by molar-refractivity contribution is 5.77. The van der Waals surface area contributed by atoms with Crippen LogP contribution in [0, 0.1) is 25.7 Å². The number of hydrogen-bond acceptors (Lipinski definition) is 4. The molecule has 3 atom stereocenters. The van der Waals surface area contributed by atoms with Gasteiger partial charge in [-0.1, -0.05) is 12.1 Å². The summed E-state index contributed by atoms with van der Waals surface area (Å²) in [5, 5.41) is 10.9. The Hall–Kier alpha value is -2.34. The minimum atomic E-state index is 0.144. The van der Waals surface area contributed by atoms with Crippen molar-refractivity contribution in [1.82, 2.24) is 20.4 Å². The van der Waals surface area contributed by atoms with Gasteiger partial charge in [-0.15, -0.1) is 0 Å². The van der Waals surface area contributed by atoms with Crippen molar-refractivity contribution in [2.45, 2.75) is 32.7 Å². The lowest BCUT2D eigenvalue weighted by Gasteiger charge is -2.28. The van der Waals surface area contributed by atoms with Crippen LogP contribution in [0.15, 0.2) is 24.3 Å². The molecule has 2 aliphatic rings. The fraction of sp³-hybridized carbons (Fsp3) is 0.524. The predicted molar refractivity (Wildman–Crippen MR) is 104 cm³/mol. The molecular weight excluding hydrogens is 340 g/mol. The quantitative estimate of drug-likeness (QED) is 0.850. The smallest absolute Gasteiger partial charge is 0.223 e. The van der Waals surface area contributed by atoms with Gasteiger partial charge in [0.25, 0.3) is 0 Å². The van der Waals surface area contributed by atoms with Crippen LogP contribution in [0.25, 0.3) is 0 Å². The number of methoxy groups -OCH3 is 1. The molecule has 2 N–H and O–H groups in total. The summed E-state index contributed by atoms with van der Waals surface area (Å²) < 4.78 is 5.29. The highest BCUT2D eigenvalue weighted by Crippen LogP contribution is 2.43. The Morgan fingerprint density at radius 1 is 1.26 bits per heavy atom. The molecule has 2 saturated heterocycles. The van der Waals surface area contributed by atoms with Crippen LogP contribution in [0.1, 0.15) is 35.0 Å². The van der Waals surface area contributed by atoms with Gasteiger partial charge in [0.15, 0.2) is 0 Å². The van der Waals surface area contributed by atoms with Crippen molar-refractivity contribution in [3.8, 4) is 5.75 Å². The minimum absolute atomic E-state index is 0.144. The number of amides is 1. The number of H-pyrrole nitrogens is 1. The molecular formula is C21H28N4O2. The van der Waals surface area contributed by atoms with E-state index < -0.39 is 0 Å². The van der Waals surface area contributed by atoms with Gasteiger partial charge in [0, 0.05) is 44.1 Å². The van der Waals surface area contributed by atoms with Gasteiger partial charge in [-0.3, -0.25) is 9.89 Å². The van der Waals surface area contributed by atoms with E-state index in [0.717, 1.165) is 42.3 Å². The first-order valence-electron chi connectivity index (χ1n) is 9.73. The standard InChI is InChI=1S/C21H28N4O2/c1-13-14(2)23-24-19(13)8-9-20(26)25-12-16-10-22-11-18(16)21(25)15-4-6-17(27-3)7-5-15/h4-7,16,18,21-22H,8-12H2,1-3H3,(H,23,24)/t16-,18-,21-/m0/s1. The first-order chi connectivity index (χ1) is 13.1. The second-order valence-electron chi connectivity index (χ2n) is 7.77. The molecule has 0 spiro atoms. The van der Waals surface area contributed by atoms with Gasteiger partial charge in [0.2, 0.25) is 5.91 Å². The van der Waals surface area contributed by atoms with Gasteiger partial charge in [0.1, 0.15) is 5.75 Å². The lowest BCUT2D eigenvalue weighted by molar-refractivity contribution is -0.132. The molecule has 27 heavy (non-hydrogen) atoms. The Bertz CT molecular complexity index is 814. The van der Waals surface area contributed by atoms with Crippen LogP contribution >= 0.6 is 0 Å². The number of aromatic nitrogens is 2. The van der Waals surface area contributed by atoms with Crippen molar-refractivity contribution in [3.05, 3.63) is 46.8 Å². The Kier molecular flexibility index (Phi) is 4.91. The maximum atomic E-state index is 13.1. The number of likely N-dealkylation sites (tertiary alicyclic amines) is 1. The topological polar surface area (TPSA) is 70.2 Å². The summed E-state index contributed by atoms with van der Waals surface area (Å²) in [5.41, 5.74) is 4.45. The lowest BCUT2D eigenvalue weighted by Crippen LogP contribution is -2.34. The van der Waals surface area contributed by atoms with E-state index in [1.165, 1.54) is 5.56 Å². The molecule has 0 bridgehead atoms. The normalized spacial score (nSPS) is 24.3. The summed E-state index contributed by atoms with van der Waals surface area (Å²) >= 11 is 0. The first kappa shape index (κ1) is 18.0. The van der Waals surface area contributed by atoms with Crippen LogP contribution < -0.4 is 10.1 Å². The number of aryl methyl sites for hydroxylation is 2. The van der Waals surface area contributed by atoms with Gasteiger partial charge in [-0.05, 0) is 43.0 Å². The maximum Gasteiger partial charge on any atom is 0.223 e. The van der Waals surface area contributed by atoms with E-state index in [0.29, 0.717) is 24.7 Å². The number of fused-ring (bicyclic) bond motifs is 1. The van der Waals surface area contributed by atoms with E-state index in [-0.39, 0.29) is 11.9 Å². The SMILES string of the molecule is COc1ccc([C@H]2[C@H]3CNC[C@H]3CN2C(=O)CCc2n[nH]c(C)c2C)cc1. The molecule has 2 aromatic rings. The number of aromatic amines is 1. The number of rotatable bonds is 5. The zero-order chi connectivity index (χ0) is 19.0. The maximum absolute atomic E-state index is 13.1. The van der Waals surface area contributed by atoms with Gasteiger partial charge in [0.05, 0.1) is 18.8 Å². The molecule has 0 unspecified atom stereocenters. The van der Waals surface area contributed by atoms with Crippen molar-refractivity contribution >= 4 is 5.91 Å². The summed E-state index contributed by atoms with van der Waals surface area (Å²) in [5.74, 6) is 2.09. The molecule has 0 radical (unpaired) electrons. The van der Waals surface area contributed by atoms with Crippen molar-refractivity contribution in [3.63, 3.8) is 0 Å². The van der Waals surface area contributed by atoms with E-state index in [4.69, 9.17) is 4.74 Å². The van der Waals surface area contributed by atoms with E-state index in [1.807, 2.05) is 19.1 Å². The summed E-state index contributed by atoms with van der Waals surface area (Å²) in [6.45, 7) is 6.89. The number of benzene rings is 1. The zero-order valence-electron chi connectivity index (χ0n) is 16.3. The molecule has 1 amide bonds. The van der Waals surface area contributed by atoms with Gasteiger partial charge in [-0.2, -0.15) is 5.10 Å². The second-order valence-corrected chi connectivity index (χ2v) is 7.77. The highest BCUT2D eigenvalue weighted by atomic mass is 16.5. The molecule has 144 valence electrons. The van der Waals surface area contributed by atoms with Crippen LogP contribution in [-0.4, -0.2) is 47.7 Å². The third-order valence-electron chi connectivity index (χ3n) is 6.27. The van der Waals surface area contributed by atoms with E-state index in [1.54, 1.807) is 7.11 Å². The number of nitrogens with zero attached hydrogens (tertiary/aromatic N) is 2. The first-order valence-corrected chi connectivity index (χ1v) is 9.73. The third-order valence-corrected chi connectivity index (χ3v) is 6.27. The number of nitrogens with one attached hydrogen (secondary N) is 2. The average Bonchev–Trinajstić information content (AvgIpc) is 3.36. The lowest BCUT2D eigenvalue weighted by atomic mass is 9.89. The Morgan fingerprint density at radius 2 is 2.04 bits per heavy atom. The van der Waals surface area contributed by atoms with Crippen LogP contribution in [0.4, 0.5) is 0 Å². The van der Waals surface area contributed by atoms with Crippen molar-refractivity contribution in [2.24, 2.45) is 11.8 Å². The van der Waals surface area contributed by atoms with Crippen molar-refractivity contribution in [2.75, 3.05) is 26.7 Å². The molecule has 2 aliphatic heterocycles. The number of carbonyl (C=O) groups is 1. The number of ether oxygens (including phenoxy) is 1. The third kappa shape index (κ3) is 3.34. The number of hydrogen-bond donors (Lipinski definition) is 2. The van der Waals surface area contributed by atoms with E-state index in [2.05, 4.69) is 39.5 Å². The average molecular weight is 368 g/mol. The predicted octanol–water partition coefficient (Wildman–Crippen LogP) is 2.39.